The second kappa shape index (κ2) is 7.77. The Morgan fingerprint density at radius 2 is 2.30 bits per heavy atom. The summed E-state index contributed by atoms with van der Waals surface area (Å²) >= 11 is 11.3. The van der Waals surface area contributed by atoms with Crippen LogP contribution in [-0.4, -0.2) is 21.6 Å². The van der Waals surface area contributed by atoms with Crippen molar-refractivity contribution in [1.29, 1.82) is 5.26 Å². The van der Waals surface area contributed by atoms with Crippen LogP contribution in [-0.2, 0) is 11.3 Å². The minimum absolute atomic E-state index is 0.115. The van der Waals surface area contributed by atoms with E-state index in [9.17, 15) is 9.18 Å². The highest BCUT2D eigenvalue weighted by Crippen LogP contribution is 2.20. The van der Waals surface area contributed by atoms with Gasteiger partial charge in [0.15, 0.2) is 0 Å². The van der Waals surface area contributed by atoms with Gasteiger partial charge < -0.3 is 5.32 Å². The van der Waals surface area contributed by atoms with Gasteiger partial charge in [-0.25, -0.2) is 4.39 Å². The first-order chi connectivity index (χ1) is 11.0. The van der Waals surface area contributed by atoms with Crippen molar-refractivity contribution in [1.82, 2.24) is 9.78 Å². The summed E-state index contributed by atoms with van der Waals surface area (Å²) in [5, 5.41) is 15.5. The smallest absolute Gasteiger partial charge is 0.266 e. The predicted octanol–water partition coefficient (Wildman–Crippen LogP) is 3.46. The van der Waals surface area contributed by atoms with E-state index >= 15 is 0 Å². The van der Waals surface area contributed by atoms with E-state index < -0.39 is 11.7 Å². The average Bonchev–Trinajstić information content (AvgIpc) is 2.96. The van der Waals surface area contributed by atoms with Gasteiger partial charge >= 0.3 is 0 Å². The van der Waals surface area contributed by atoms with Crippen molar-refractivity contribution >= 4 is 40.9 Å². The molecule has 2 aromatic rings. The van der Waals surface area contributed by atoms with Crippen molar-refractivity contribution in [2.24, 2.45) is 0 Å². The largest absolute Gasteiger partial charge is 0.321 e. The van der Waals surface area contributed by atoms with Crippen LogP contribution in [0.1, 0.15) is 5.56 Å². The molecule has 0 atom stereocenters. The van der Waals surface area contributed by atoms with Crippen LogP contribution >= 0.6 is 23.2 Å². The summed E-state index contributed by atoms with van der Waals surface area (Å²) in [7, 11) is 0. The minimum Gasteiger partial charge on any atom is -0.321 e. The van der Waals surface area contributed by atoms with E-state index in [4.69, 9.17) is 28.5 Å². The molecule has 0 aliphatic rings. The molecule has 1 N–H and O–H groups in total. The fourth-order valence-corrected chi connectivity index (χ4v) is 2.10. The van der Waals surface area contributed by atoms with E-state index in [1.54, 1.807) is 10.9 Å². The van der Waals surface area contributed by atoms with Gasteiger partial charge in [0.2, 0.25) is 0 Å². The van der Waals surface area contributed by atoms with Gasteiger partial charge in [0.1, 0.15) is 17.5 Å². The fraction of sp³-hybridized carbons (Fsp3) is 0.133. The van der Waals surface area contributed by atoms with Gasteiger partial charge in [0.05, 0.1) is 17.8 Å². The number of hydrogen-bond donors (Lipinski definition) is 1. The predicted molar refractivity (Wildman–Crippen MR) is 86.6 cm³/mol. The van der Waals surface area contributed by atoms with Crippen LogP contribution in [0, 0.1) is 17.1 Å². The Morgan fingerprint density at radius 1 is 1.52 bits per heavy atom. The Morgan fingerprint density at radius 3 is 2.96 bits per heavy atom. The molecule has 5 nitrogen and oxygen atoms in total. The summed E-state index contributed by atoms with van der Waals surface area (Å²) in [4.78, 5) is 12.1. The summed E-state index contributed by atoms with van der Waals surface area (Å²) in [6.45, 7) is 0.525. The molecule has 1 heterocycles. The molecule has 1 aromatic heterocycles. The van der Waals surface area contributed by atoms with Gasteiger partial charge in [-0.15, -0.1) is 11.6 Å². The highest BCUT2D eigenvalue weighted by molar-refractivity contribution is 6.31. The Labute approximate surface area is 141 Å². The molecule has 0 unspecified atom stereocenters. The molecule has 8 heteroatoms. The van der Waals surface area contributed by atoms with E-state index in [-0.39, 0.29) is 10.6 Å². The molecule has 0 spiro atoms. The van der Waals surface area contributed by atoms with E-state index in [1.165, 1.54) is 24.4 Å². The Hall–Kier alpha value is -2.36. The van der Waals surface area contributed by atoms with Gasteiger partial charge in [-0.3, -0.25) is 9.48 Å². The summed E-state index contributed by atoms with van der Waals surface area (Å²) < 4.78 is 14.7. The van der Waals surface area contributed by atoms with Gasteiger partial charge in [-0.2, -0.15) is 10.4 Å². The SMILES string of the molecule is N#CC(=Cc1cnn(CCCl)c1)C(=O)Nc1ccc(F)c(Cl)c1. The Bertz CT molecular complexity index is 795. The number of nitrogens with one attached hydrogen (secondary N) is 1. The molecule has 0 bridgehead atoms. The number of amides is 1. The molecular formula is C15H11Cl2FN4O. The maximum Gasteiger partial charge on any atom is 0.266 e. The lowest BCUT2D eigenvalue weighted by atomic mass is 10.2. The first-order valence-corrected chi connectivity index (χ1v) is 7.41. The van der Waals surface area contributed by atoms with E-state index in [2.05, 4.69) is 10.4 Å². The van der Waals surface area contributed by atoms with Gasteiger partial charge in [-0.1, -0.05) is 11.6 Å². The average molecular weight is 353 g/mol. The van der Waals surface area contributed by atoms with Crippen LogP contribution in [0.25, 0.3) is 6.08 Å². The molecule has 0 saturated carbocycles. The van der Waals surface area contributed by atoms with Crippen LogP contribution in [0.5, 0.6) is 0 Å². The zero-order chi connectivity index (χ0) is 16.8. The third kappa shape index (κ3) is 4.55. The number of nitriles is 1. The molecule has 23 heavy (non-hydrogen) atoms. The summed E-state index contributed by atoms with van der Waals surface area (Å²) in [5.41, 5.74) is 0.773. The zero-order valence-electron chi connectivity index (χ0n) is 11.8. The molecule has 1 aromatic carbocycles. The minimum atomic E-state index is -0.625. The lowest BCUT2D eigenvalue weighted by Crippen LogP contribution is -2.13. The van der Waals surface area contributed by atoms with Gasteiger partial charge in [0, 0.05) is 23.3 Å². The third-order valence-corrected chi connectivity index (χ3v) is 3.28. The Balaban J connectivity index is 2.15. The molecule has 0 saturated heterocycles. The van der Waals surface area contributed by atoms with Crippen LogP contribution in [0.4, 0.5) is 10.1 Å². The molecular weight excluding hydrogens is 342 g/mol. The number of rotatable bonds is 5. The van der Waals surface area contributed by atoms with Crippen molar-refractivity contribution in [3.05, 3.63) is 52.6 Å². The number of benzene rings is 1. The molecule has 118 valence electrons. The molecule has 1 amide bonds. The Kier molecular flexibility index (Phi) is 5.74. The molecule has 0 aliphatic carbocycles. The standard InChI is InChI=1S/C15H11Cl2FN4O/c16-3-4-22-9-10(8-20-22)5-11(7-19)15(23)21-12-1-2-14(18)13(17)6-12/h1-2,5-6,8-9H,3-4H2,(H,21,23). The molecule has 0 aliphatic heterocycles. The number of anilines is 1. The summed E-state index contributed by atoms with van der Waals surface area (Å²) in [6.07, 6.45) is 4.59. The van der Waals surface area contributed by atoms with Crippen molar-refractivity contribution in [3.63, 3.8) is 0 Å². The lowest BCUT2D eigenvalue weighted by molar-refractivity contribution is -0.112. The second-order valence-electron chi connectivity index (χ2n) is 4.48. The van der Waals surface area contributed by atoms with Crippen molar-refractivity contribution in [3.8, 4) is 6.07 Å². The van der Waals surface area contributed by atoms with Crippen LogP contribution in [0.15, 0.2) is 36.2 Å². The van der Waals surface area contributed by atoms with Crippen molar-refractivity contribution < 1.29 is 9.18 Å². The number of carbonyl (C=O) groups is 1. The molecule has 0 radical (unpaired) electrons. The molecule has 0 fully saturated rings. The molecule has 2 rings (SSSR count). The highest BCUT2D eigenvalue weighted by Gasteiger charge is 2.11. The number of halogens is 3. The fourth-order valence-electron chi connectivity index (χ4n) is 1.75. The summed E-state index contributed by atoms with van der Waals surface area (Å²) in [6, 6.07) is 5.57. The van der Waals surface area contributed by atoms with Gasteiger partial charge in [-0.05, 0) is 24.3 Å². The summed E-state index contributed by atoms with van der Waals surface area (Å²) in [5.74, 6) is -0.811. The van der Waals surface area contributed by atoms with Crippen LogP contribution in [0.2, 0.25) is 5.02 Å². The lowest BCUT2D eigenvalue weighted by Gasteiger charge is -2.04. The van der Waals surface area contributed by atoms with Crippen LogP contribution < -0.4 is 5.32 Å². The van der Waals surface area contributed by atoms with E-state index in [1.807, 2.05) is 6.07 Å². The highest BCUT2D eigenvalue weighted by atomic mass is 35.5. The maximum absolute atomic E-state index is 13.1. The number of hydrogen-bond acceptors (Lipinski definition) is 3. The number of aromatic nitrogens is 2. The van der Waals surface area contributed by atoms with Crippen molar-refractivity contribution in [2.75, 3.05) is 11.2 Å². The number of aryl methyl sites for hydroxylation is 1. The quantitative estimate of drug-likeness (QED) is 0.508. The first kappa shape index (κ1) is 17.0. The second-order valence-corrected chi connectivity index (χ2v) is 5.26. The zero-order valence-corrected chi connectivity index (χ0v) is 13.3. The topological polar surface area (TPSA) is 70.7 Å². The number of nitrogens with zero attached hydrogens (tertiary/aromatic N) is 3. The monoisotopic (exact) mass is 352 g/mol. The maximum atomic E-state index is 13.1. The number of carbonyl (C=O) groups excluding carboxylic acids is 1. The van der Waals surface area contributed by atoms with Crippen LogP contribution in [0.3, 0.4) is 0 Å². The van der Waals surface area contributed by atoms with Crippen molar-refractivity contribution in [2.45, 2.75) is 6.54 Å². The van der Waals surface area contributed by atoms with E-state index in [0.717, 1.165) is 6.07 Å². The first-order valence-electron chi connectivity index (χ1n) is 6.50. The number of alkyl halides is 1. The third-order valence-electron chi connectivity index (χ3n) is 2.82. The van der Waals surface area contributed by atoms with E-state index in [0.29, 0.717) is 23.7 Å². The van der Waals surface area contributed by atoms with Gasteiger partial charge in [0.25, 0.3) is 5.91 Å². The normalized spacial score (nSPS) is 11.1.